The normalized spacial score (nSPS) is 16.3. The first-order chi connectivity index (χ1) is 31.5. The summed E-state index contributed by atoms with van der Waals surface area (Å²) in [7, 11) is 0. The molecule has 0 aliphatic carbocycles. The van der Waals surface area contributed by atoms with Gasteiger partial charge in [0.05, 0.1) is 18.9 Å². The molecule has 370 valence electrons. The van der Waals surface area contributed by atoms with E-state index >= 15 is 0 Å². The van der Waals surface area contributed by atoms with Gasteiger partial charge in [0.15, 0.2) is 0 Å². The van der Waals surface area contributed by atoms with Gasteiger partial charge in [-0.1, -0.05) is 30.3 Å². The smallest absolute Gasteiger partial charge is 0.326 e. The van der Waals surface area contributed by atoms with Crippen molar-refractivity contribution in [3.63, 3.8) is 0 Å². The number of carboxylic acid groups (broad SMARTS) is 5. The van der Waals surface area contributed by atoms with Crippen molar-refractivity contribution in [1.29, 1.82) is 0 Å². The van der Waals surface area contributed by atoms with E-state index in [4.69, 9.17) is 21.7 Å². The summed E-state index contributed by atoms with van der Waals surface area (Å²) >= 11 is 0. The van der Waals surface area contributed by atoms with E-state index in [0.717, 1.165) is 4.90 Å². The van der Waals surface area contributed by atoms with Crippen LogP contribution in [0.3, 0.4) is 0 Å². The Morgan fingerprint density at radius 3 is 1.69 bits per heavy atom. The van der Waals surface area contributed by atoms with Crippen molar-refractivity contribution in [1.82, 2.24) is 36.8 Å². The molecule has 1 saturated heterocycles. The molecule has 1 aromatic rings. The second kappa shape index (κ2) is 28.0. The second-order valence-electron chi connectivity index (χ2n) is 15.7. The Labute approximate surface area is 383 Å². The van der Waals surface area contributed by atoms with E-state index in [2.05, 4.69) is 31.9 Å². The van der Waals surface area contributed by atoms with Crippen molar-refractivity contribution in [2.75, 3.05) is 13.1 Å². The number of benzene rings is 1. The van der Waals surface area contributed by atoms with Gasteiger partial charge in [0.1, 0.15) is 42.3 Å². The van der Waals surface area contributed by atoms with Gasteiger partial charge < -0.3 is 73.8 Å². The molecule has 1 aliphatic rings. The molecule has 0 unspecified atom stereocenters. The minimum atomic E-state index is -1.94. The number of rotatable bonds is 30. The number of aliphatic carboxylic acids is 5. The fourth-order valence-corrected chi connectivity index (χ4v) is 6.82. The van der Waals surface area contributed by atoms with Crippen LogP contribution in [-0.2, 0) is 64.0 Å². The van der Waals surface area contributed by atoms with E-state index in [1.807, 2.05) is 0 Å². The first kappa shape index (κ1) is 55.9. The van der Waals surface area contributed by atoms with Gasteiger partial charge >= 0.3 is 29.8 Å². The SMILES string of the molecule is C[C@H](NC(=O)[C@H](CCCCN)NC(=O)[C@H](CCC(=O)O)NC(=O)[C@H](CC(=O)O)NC(=O)[C@H](Cc1ccccc1)NC(=O)[C@@H](N)CCC(=O)O)C(=O)N1CCC[C@H]1C(=O)N[C@@H](CC(=O)O)C(=O)O. The van der Waals surface area contributed by atoms with Gasteiger partial charge in [-0.25, -0.2) is 4.79 Å². The highest BCUT2D eigenvalue weighted by Crippen LogP contribution is 2.19. The minimum Gasteiger partial charge on any atom is -0.481 e. The molecule has 0 bridgehead atoms. The predicted molar refractivity (Wildman–Crippen MR) is 229 cm³/mol. The Kier molecular flexibility index (Phi) is 23.3. The summed E-state index contributed by atoms with van der Waals surface area (Å²) < 4.78 is 0. The Morgan fingerprint density at radius 1 is 0.612 bits per heavy atom. The van der Waals surface area contributed by atoms with Crippen molar-refractivity contribution in [2.45, 2.75) is 132 Å². The summed E-state index contributed by atoms with van der Waals surface area (Å²) in [4.78, 5) is 153. The van der Waals surface area contributed by atoms with Crippen LogP contribution in [0.25, 0.3) is 0 Å². The maximum atomic E-state index is 13.8. The monoisotopic (exact) mass is 949 g/mol. The molecule has 26 nitrogen and oxygen atoms in total. The molecule has 1 fully saturated rings. The molecule has 8 atom stereocenters. The lowest BCUT2D eigenvalue weighted by Crippen LogP contribution is -2.60. The highest BCUT2D eigenvalue weighted by atomic mass is 16.4. The molecule has 67 heavy (non-hydrogen) atoms. The highest BCUT2D eigenvalue weighted by molar-refractivity contribution is 5.98. The topological polar surface area (TPSA) is 433 Å². The number of carbonyl (C=O) groups excluding carboxylic acids is 7. The number of nitrogens with zero attached hydrogens (tertiary/aromatic N) is 1. The van der Waals surface area contributed by atoms with Gasteiger partial charge in [0.25, 0.3) is 0 Å². The average Bonchev–Trinajstić information content (AvgIpc) is 3.75. The van der Waals surface area contributed by atoms with E-state index < -0.39 is 152 Å². The largest absolute Gasteiger partial charge is 0.481 e. The summed E-state index contributed by atoms with van der Waals surface area (Å²) in [5.74, 6) is -14.4. The number of likely N-dealkylation sites (tertiary alicyclic amines) is 1. The number of amides is 7. The van der Waals surface area contributed by atoms with E-state index in [9.17, 15) is 72.9 Å². The molecule has 1 aromatic carbocycles. The number of carbonyl (C=O) groups is 12. The van der Waals surface area contributed by atoms with Crippen molar-refractivity contribution >= 4 is 71.2 Å². The summed E-state index contributed by atoms with van der Waals surface area (Å²) in [5.41, 5.74) is 12.0. The van der Waals surface area contributed by atoms with Crippen LogP contribution >= 0.6 is 0 Å². The van der Waals surface area contributed by atoms with Crippen LogP contribution in [0.2, 0.25) is 0 Å². The molecule has 0 spiro atoms. The quantitative estimate of drug-likeness (QED) is 0.0331. The molecule has 7 amide bonds. The molecule has 2 rings (SSSR count). The first-order valence-electron chi connectivity index (χ1n) is 21.3. The zero-order chi connectivity index (χ0) is 50.4. The molecule has 0 aromatic heterocycles. The maximum Gasteiger partial charge on any atom is 0.326 e. The fourth-order valence-electron chi connectivity index (χ4n) is 6.82. The lowest BCUT2D eigenvalue weighted by molar-refractivity contribution is -0.148. The van der Waals surface area contributed by atoms with Gasteiger partial charge in [0, 0.05) is 25.8 Å². The third kappa shape index (κ3) is 19.8. The van der Waals surface area contributed by atoms with Gasteiger partial charge in [-0.2, -0.15) is 0 Å². The Hall–Kier alpha value is -7.22. The zero-order valence-corrected chi connectivity index (χ0v) is 36.6. The van der Waals surface area contributed by atoms with Crippen LogP contribution in [-0.4, -0.2) is 163 Å². The Morgan fingerprint density at radius 2 is 1.12 bits per heavy atom. The van der Waals surface area contributed by atoms with Crippen LogP contribution in [0.15, 0.2) is 30.3 Å². The number of hydrogen-bond acceptors (Lipinski definition) is 14. The van der Waals surface area contributed by atoms with Crippen LogP contribution < -0.4 is 43.4 Å². The van der Waals surface area contributed by atoms with E-state index in [0.29, 0.717) is 18.4 Å². The average molecular weight is 950 g/mol. The van der Waals surface area contributed by atoms with Crippen LogP contribution in [0.5, 0.6) is 0 Å². The number of hydrogen-bond donors (Lipinski definition) is 13. The first-order valence-corrected chi connectivity index (χ1v) is 21.3. The second-order valence-corrected chi connectivity index (χ2v) is 15.7. The van der Waals surface area contributed by atoms with Crippen LogP contribution in [0.1, 0.15) is 83.1 Å². The van der Waals surface area contributed by atoms with E-state index in [1.54, 1.807) is 30.3 Å². The van der Waals surface area contributed by atoms with Crippen molar-refractivity contribution in [2.24, 2.45) is 11.5 Å². The third-order valence-electron chi connectivity index (χ3n) is 10.4. The lowest BCUT2D eigenvalue weighted by atomic mass is 10.0. The third-order valence-corrected chi connectivity index (χ3v) is 10.4. The maximum absolute atomic E-state index is 13.8. The number of nitrogens with one attached hydrogen (secondary N) is 6. The van der Waals surface area contributed by atoms with E-state index in [1.165, 1.54) is 6.92 Å². The fraction of sp³-hybridized carbons (Fsp3) is 0.561. The van der Waals surface area contributed by atoms with Gasteiger partial charge in [-0.05, 0) is 64.0 Å². The lowest BCUT2D eigenvalue weighted by Gasteiger charge is -2.29. The standard InChI is InChI=1S/C41H59N9O17/c1-21(40(65)50-17-7-11-29(50)39(64)49-28(41(66)67)20-33(57)58)44-35(60)24(10-5-6-16-42)45-36(61)25(13-15-31(53)54)46-38(63)27(19-32(55)56)48-37(62)26(18-22-8-3-2-4-9-22)47-34(59)23(43)12-14-30(51)52/h2-4,8-9,21,23-29H,5-7,10-20,42-43H2,1H3,(H,44,60)(H,45,61)(H,46,63)(H,47,59)(H,48,62)(H,49,64)(H,51,52)(H,53,54)(H,55,56)(H,57,58)(H,66,67)/t21-,23-,24-,25-,26-,27-,28-,29-/m0/s1. The molecular formula is C41H59N9O17. The summed E-state index contributed by atoms with van der Waals surface area (Å²) in [6.07, 6.45) is -3.45. The van der Waals surface area contributed by atoms with Crippen LogP contribution in [0, 0.1) is 0 Å². The van der Waals surface area contributed by atoms with E-state index in [-0.39, 0.29) is 45.2 Å². The summed E-state index contributed by atoms with van der Waals surface area (Å²) in [5, 5.41) is 60.4. The molecule has 1 aliphatic heterocycles. The van der Waals surface area contributed by atoms with Crippen molar-refractivity contribution in [3.05, 3.63) is 35.9 Å². The highest BCUT2D eigenvalue weighted by Gasteiger charge is 2.39. The summed E-state index contributed by atoms with van der Waals surface area (Å²) in [6, 6.07) is -4.27. The molecular weight excluding hydrogens is 890 g/mol. The molecule has 1 heterocycles. The van der Waals surface area contributed by atoms with Gasteiger partial charge in [-0.3, -0.25) is 52.7 Å². The zero-order valence-electron chi connectivity index (χ0n) is 36.6. The van der Waals surface area contributed by atoms with Gasteiger partial charge in [0.2, 0.25) is 41.4 Å². The van der Waals surface area contributed by atoms with Crippen molar-refractivity contribution in [3.8, 4) is 0 Å². The number of carboxylic acids is 5. The minimum absolute atomic E-state index is 0.0177. The predicted octanol–water partition coefficient (Wildman–Crippen LogP) is -3.63. The van der Waals surface area contributed by atoms with Gasteiger partial charge in [-0.15, -0.1) is 0 Å². The Bertz CT molecular complexity index is 1970. The number of unbranched alkanes of at least 4 members (excludes halogenated alkanes) is 1. The van der Waals surface area contributed by atoms with Crippen LogP contribution in [0.4, 0.5) is 0 Å². The summed E-state index contributed by atoms with van der Waals surface area (Å²) in [6.45, 7) is 1.46. The molecule has 0 saturated carbocycles. The molecule has 26 heteroatoms. The van der Waals surface area contributed by atoms with Crippen molar-refractivity contribution < 1.29 is 83.1 Å². The number of nitrogens with two attached hydrogens (primary N) is 2. The molecule has 15 N–H and O–H groups in total. The Balaban J connectivity index is 2.32. The molecule has 0 radical (unpaired) electrons.